The van der Waals surface area contributed by atoms with E-state index in [1.807, 2.05) is 0 Å². The molecule has 1 rings (SSSR count). The third-order valence-corrected chi connectivity index (χ3v) is 3.74. The van der Waals surface area contributed by atoms with Crippen LogP contribution in [0.4, 0.5) is 5.69 Å². The maximum atomic E-state index is 5.93. The molecule has 0 saturated carbocycles. The molecule has 100 valence electrons. The first kappa shape index (κ1) is 15.5. The predicted molar refractivity (Wildman–Crippen MR) is 84.8 cm³/mol. The number of hydrogen-bond donors (Lipinski definition) is 2. The van der Waals surface area contributed by atoms with Crippen molar-refractivity contribution in [2.45, 2.75) is 39.2 Å². The maximum absolute atomic E-state index is 5.93. The molecule has 0 atom stereocenters. The van der Waals surface area contributed by atoms with Gasteiger partial charge in [0.15, 0.2) is 5.11 Å². The third-order valence-electron chi connectivity index (χ3n) is 3.10. The van der Waals surface area contributed by atoms with Crippen LogP contribution in [-0.2, 0) is 0 Å². The van der Waals surface area contributed by atoms with E-state index in [0.29, 0.717) is 15.2 Å². The van der Waals surface area contributed by atoms with Gasteiger partial charge in [0, 0.05) is 21.3 Å². The summed E-state index contributed by atoms with van der Waals surface area (Å²) >= 11 is 17.2. The Morgan fingerprint density at radius 3 is 2.11 bits per heavy atom. The molecule has 1 aromatic carbocycles. The topological polar surface area (TPSA) is 24.1 Å². The van der Waals surface area contributed by atoms with E-state index in [2.05, 4.69) is 31.4 Å². The molecule has 0 spiro atoms. The molecule has 2 nitrogen and oxygen atoms in total. The molecule has 0 aliphatic heterocycles. The summed E-state index contributed by atoms with van der Waals surface area (Å²) in [6.45, 7) is 6.41. The van der Waals surface area contributed by atoms with Gasteiger partial charge in [0.25, 0.3) is 0 Å². The average molecular weight is 305 g/mol. The van der Waals surface area contributed by atoms with Gasteiger partial charge < -0.3 is 10.6 Å². The van der Waals surface area contributed by atoms with Crippen LogP contribution in [0.1, 0.15) is 33.6 Å². The van der Waals surface area contributed by atoms with Crippen LogP contribution < -0.4 is 10.6 Å². The van der Waals surface area contributed by atoms with Crippen molar-refractivity contribution in [3.8, 4) is 0 Å². The number of rotatable bonds is 4. The van der Waals surface area contributed by atoms with Crippen LogP contribution in [0.15, 0.2) is 18.2 Å². The molecule has 0 aromatic heterocycles. The van der Waals surface area contributed by atoms with Gasteiger partial charge in [0.05, 0.1) is 0 Å². The predicted octanol–water partition coefficient (Wildman–Crippen LogP) is 4.86. The Labute approximate surface area is 124 Å². The van der Waals surface area contributed by atoms with E-state index in [-0.39, 0.29) is 5.54 Å². The summed E-state index contributed by atoms with van der Waals surface area (Å²) in [7, 11) is 0. The van der Waals surface area contributed by atoms with E-state index < -0.39 is 0 Å². The second kappa shape index (κ2) is 6.60. The lowest BCUT2D eigenvalue weighted by Gasteiger charge is -2.29. The molecule has 0 fully saturated rings. The number of benzene rings is 1. The summed E-state index contributed by atoms with van der Waals surface area (Å²) in [6, 6.07) is 5.26. The van der Waals surface area contributed by atoms with E-state index in [9.17, 15) is 0 Å². The zero-order valence-corrected chi connectivity index (χ0v) is 13.1. The zero-order valence-electron chi connectivity index (χ0n) is 10.8. The quantitative estimate of drug-likeness (QED) is 0.777. The summed E-state index contributed by atoms with van der Waals surface area (Å²) in [5.74, 6) is 0. The summed E-state index contributed by atoms with van der Waals surface area (Å²) in [4.78, 5) is 0. The molecular weight excluding hydrogens is 287 g/mol. The summed E-state index contributed by atoms with van der Waals surface area (Å²) in [5.41, 5.74) is 0.798. The van der Waals surface area contributed by atoms with Crippen molar-refractivity contribution in [1.29, 1.82) is 0 Å². The van der Waals surface area contributed by atoms with Gasteiger partial charge in [-0.2, -0.15) is 0 Å². The first-order valence-electron chi connectivity index (χ1n) is 5.94. The number of nitrogens with one attached hydrogen (secondary N) is 2. The highest BCUT2D eigenvalue weighted by Crippen LogP contribution is 2.22. The number of halogens is 2. The standard InChI is InChI=1S/C13H18Cl2N2S/c1-4-13(3,5-2)17-12(18)16-11-7-9(14)6-10(15)8-11/h6-8H,4-5H2,1-3H3,(H2,16,17,18). The first-order chi connectivity index (χ1) is 8.38. The summed E-state index contributed by atoms with van der Waals surface area (Å²) in [6.07, 6.45) is 2.00. The average Bonchev–Trinajstić information content (AvgIpc) is 2.27. The Morgan fingerprint density at radius 1 is 1.17 bits per heavy atom. The fraction of sp³-hybridized carbons (Fsp3) is 0.462. The lowest BCUT2D eigenvalue weighted by molar-refractivity contribution is 0.391. The Bertz CT molecular complexity index is 411. The Hall–Kier alpha value is -0.510. The van der Waals surface area contributed by atoms with Crippen LogP contribution in [-0.4, -0.2) is 10.7 Å². The van der Waals surface area contributed by atoms with Crippen molar-refractivity contribution in [3.05, 3.63) is 28.2 Å². The largest absolute Gasteiger partial charge is 0.357 e. The molecule has 2 N–H and O–H groups in total. The molecule has 0 aliphatic carbocycles. The molecule has 0 bridgehead atoms. The van der Waals surface area contributed by atoms with E-state index in [4.69, 9.17) is 35.4 Å². The second-order valence-corrected chi connectivity index (χ2v) is 5.79. The SMILES string of the molecule is CCC(C)(CC)NC(=S)Nc1cc(Cl)cc(Cl)c1. The number of thiocarbonyl (C=S) groups is 1. The summed E-state index contributed by atoms with van der Waals surface area (Å²) in [5, 5.41) is 8.17. The van der Waals surface area contributed by atoms with Crippen LogP contribution in [0.3, 0.4) is 0 Å². The molecule has 0 radical (unpaired) electrons. The lowest BCUT2D eigenvalue weighted by atomic mass is 9.96. The Kier molecular flexibility index (Phi) is 5.70. The Morgan fingerprint density at radius 2 is 1.67 bits per heavy atom. The van der Waals surface area contributed by atoms with Crippen molar-refractivity contribution < 1.29 is 0 Å². The van der Waals surface area contributed by atoms with Crippen LogP contribution >= 0.6 is 35.4 Å². The van der Waals surface area contributed by atoms with E-state index in [0.717, 1.165) is 18.5 Å². The minimum Gasteiger partial charge on any atom is -0.357 e. The van der Waals surface area contributed by atoms with E-state index in [1.165, 1.54) is 0 Å². The first-order valence-corrected chi connectivity index (χ1v) is 7.10. The highest BCUT2D eigenvalue weighted by Gasteiger charge is 2.20. The third kappa shape index (κ3) is 4.63. The van der Waals surface area contributed by atoms with E-state index in [1.54, 1.807) is 18.2 Å². The molecule has 0 heterocycles. The van der Waals surface area contributed by atoms with Gasteiger partial charge in [-0.05, 0) is 50.2 Å². The van der Waals surface area contributed by atoms with Crippen molar-refractivity contribution in [3.63, 3.8) is 0 Å². The normalized spacial score (nSPS) is 11.2. The second-order valence-electron chi connectivity index (χ2n) is 4.51. The minimum atomic E-state index is 0.00640. The van der Waals surface area contributed by atoms with Crippen molar-refractivity contribution in [1.82, 2.24) is 5.32 Å². The monoisotopic (exact) mass is 304 g/mol. The van der Waals surface area contributed by atoms with E-state index >= 15 is 0 Å². The molecule has 0 aliphatic rings. The smallest absolute Gasteiger partial charge is 0.171 e. The van der Waals surface area contributed by atoms with Crippen LogP contribution in [0, 0.1) is 0 Å². The molecule has 18 heavy (non-hydrogen) atoms. The van der Waals surface area contributed by atoms with Gasteiger partial charge in [-0.1, -0.05) is 37.0 Å². The van der Waals surface area contributed by atoms with Gasteiger partial charge in [-0.25, -0.2) is 0 Å². The van der Waals surface area contributed by atoms with Crippen molar-refractivity contribution in [2.24, 2.45) is 0 Å². The van der Waals surface area contributed by atoms with Crippen LogP contribution in [0.2, 0.25) is 10.0 Å². The van der Waals surface area contributed by atoms with Crippen molar-refractivity contribution >= 4 is 46.2 Å². The van der Waals surface area contributed by atoms with Crippen molar-refractivity contribution in [2.75, 3.05) is 5.32 Å². The molecule has 0 amide bonds. The molecule has 5 heteroatoms. The summed E-state index contributed by atoms with van der Waals surface area (Å²) < 4.78 is 0. The fourth-order valence-electron chi connectivity index (χ4n) is 1.49. The Balaban J connectivity index is 2.70. The maximum Gasteiger partial charge on any atom is 0.171 e. The highest BCUT2D eigenvalue weighted by atomic mass is 35.5. The number of anilines is 1. The lowest BCUT2D eigenvalue weighted by Crippen LogP contribution is -2.46. The van der Waals surface area contributed by atoms with Crippen LogP contribution in [0.25, 0.3) is 0 Å². The number of hydrogen-bond acceptors (Lipinski definition) is 1. The molecule has 0 unspecified atom stereocenters. The fourth-order valence-corrected chi connectivity index (χ4v) is 2.38. The highest BCUT2D eigenvalue weighted by molar-refractivity contribution is 7.80. The molecule has 1 aromatic rings. The van der Waals surface area contributed by atoms with Gasteiger partial charge in [-0.3, -0.25) is 0 Å². The minimum absolute atomic E-state index is 0.00640. The molecule has 0 saturated heterocycles. The van der Waals surface area contributed by atoms with Gasteiger partial charge in [0.2, 0.25) is 0 Å². The van der Waals surface area contributed by atoms with Gasteiger partial charge in [-0.15, -0.1) is 0 Å². The molecular formula is C13H18Cl2N2S. The van der Waals surface area contributed by atoms with Crippen LogP contribution in [0.5, 0.6) is 0 Å². The van der Waals surface area contributed by atoms with Gasteiger partial charge >= 0.3 is 0 Å². The van der Waals surface area contributed by atoms with Gasteiger partial charge in [0.1, 0.15) is 0 Å². The zero-order chi connectivity index (χ0) is 13.8.